The summed E-state index contributed by atoms with van der Waals surface area (Å²) in [4.78, 5) is 0. The van der Waals surface area contributed by atoms with Crippen LogP contribution in [0.25, 0.3) is 0 Å². The van der Waals surface area contributed by atoms with Crippen molar-refractivity contribution in [1.82, 2.24) is 5.32 Å². The van der Waals surface area contributed by atoms with E-state index >= 15 is 0 Å². The average molecular weight is 281 g/mol. The number of alkyl halides is 2. The minimum absolute atomic E-state index is 0.118. The molecule has 1 nitrogen and oxygen atoms in total. The third-order valence-electron chi connectivity index (χ3n) is 4.51. The summed E-state index contributed by atoms with van der Waals surface area (Å²) in [5.74, 6) is 1.69. The number of halogens is 2. The molecule has 112 valence electrons. The molecule has 20 heavy (non-hydrogen) atoms. The zero-order valence-corrected chi connectivity index (χ0v) is 12.2. The number of hydrogen-bond donors (Lipinski definition) is 1. The highest BCUT2D eigenvalue weighted by Crippen LogP contribution is 2.30. The lowest BCUT2D eigenvalue weighted by molar-refractivity contribution is 0.151. The molecule has 0 aliphatic heterocycles. The Morgan fingerprint density at radius 3 is 2.50 bits per heavy atom. The SMILES string of the molecule is CCC1CCC(CNCc2cccc(C(F)F)c2)CC1. The van der Waals surface area contributed by atoms with Crippen LogP contribution in [0, 0.1) is 11.8 Å². The van der Waals surface area contributed by atoms with Gasteiger partial charge in [0.2, 0.25) is 0 Å². The van der Waals surface area contributed by atoms with Gasteiger partial charge in [0.15, 0.2) is 0 Å². The van der Waals surface area contributed by atoms with Crippen LogP contribution in [0.1, 0.15) is 56.6 Å². The van der Waals surface area contributed by atoms with Crippen molar-refractivity contribution in [3.05, 3.63) is 35.4 Å². The molecule has 1 saturated carbocycles. The summed E-state index contributed by atoms with van der Waals surface area (Å²) >= 11 is 0. The molecule has 1 aliphatic carbocycles. The van der Waals surface area contributed by atoms with E-state index in [1.165, 1.54) is 38.2 Å². The van der Waals surface area contributed by atoms with Crippen LogP contribution in [-0.2, 0) is 6.54 Å². The predicted octanol–water partition coefficient (Wildman–Crippen LogP) is 4.93. The largest absolute Gasteiger partial charge is 0.312 e. The summed E-state index contributed by atoms with van der Waals surface area (Å²) in [5.41, 5.74) is 1.07. The van der Waals surface area contributed by atoms with E-state index in [0.717, 1.165) is 23.9 Å². The van der Waals surface area contributed by atoms with Gasteiger partial charge < -0.3 is 5.32 Å². The third kappa shape index (κ3) is 4.55. The van der Waals surface area contributed by atoms with Gasteiger partial charge in [-0.3, -0.25) is 0 Å². The van der Waals surface area contributed by atoms with Crippen LogP contribution in [-0.4, -0.2) is 6.54 Å². The fraction of sp³-hybridized carbons (Fsp3) is 0.647. The number of benzene rings is 1. The maximum absolute atomic E-state index is 12.6. The van der Waals surface area contributed by atoms with Crippen LogP contribution in [0.15, 0.2) is 24.3 Å². The van der Waals surface area contributed by atoms with Gasteiger partial charge >= 0.3 is 0 Å². The molecule has 0 heterocycles. The van der Waals surface area contributed by atoms with Crippen LogP contribution in [0.5, 0.6) is 0 Å². The maximum atomic E-state index is 12.6. The molecular formula is C17H25F2N. The normalized spacial score (nSPS) is 23.2. The van der Waals surface area contributed by atoms with E-state index in [-0.39, 0.29) is 5.56 Å². The van der Waals surface area contributed by atoms with E-state index in [2.05, 4.69) is 12.2 Å². The molecule has 0 aromatic heterocycles. The standard InChI is InChI=1S/C17H25F2N/c1-2-13-6-8-14(9-7-13)11-20-12-15-4-3-5-16(10-15)17(18)19/h3-5,10,13-14,17,20H,2,6-9,11-12H2,1H3. The van der Waals surface area contributed by atoms with Crippen molar-refractivity contribution < 1.29 is 8.78 Å². The molecule has 0 amide bonds. The highest BCUT2D eigenvalue weighted by Gasteiger charge is 2.19. The molecular weight excluding hydrogens is 256 g/mol. The van der Waals surface area contributed by atoms with Crippen molar-refractivity contribution in [2.75, 3.05) is 6.54 Å². The minimum atomic E-state index is -2.38. The molecule has 0 saturated heterocycles. The van der Waals surface area contributed by atoms with Gasteiger partial charge in [-0.15, -0.1) is 0 Å². The van der Waals surface area contributed by atoms with Crippen LogP contribution < -0.4 is 5.32 Å². The minimum Gasteiger partial charge on any atom is -0.312 e. The van der Waals surface area contributed by atoms with E-state index in [9.17, 15) is 8.78 Å². The van der Waals surface area contributed by atoms with Crippen LogP contribution in [0.4, 0.5) is 8.78 Å². The molecule has 0 radical (unpaired) electrons. The van der Waals surface area contributed by atoms with E-state index < -0.39 is 6.43 Å². The van der Waals surface area contributed by atoms with E-state index in [0.29, 0.717) is 6.54 Å². The molecule has 0 unspecified atom stereocenters. The van der Waals surface area contributed by atoms with E-state index in [1.54, 1.807) is 12.1 Å². The van der Waals surface area contributed by atoms with Crippen molar-refractivity contribution in [2.24, 2.45) is 11.8 Å². The molecule has 1 aliphatic rings. The van der Waals surface area contributed by atoms with Crippen molar-refractivity contribution in [2.45, 2.75) is 52.0 Å². The maximum Gasteiger partial charge on any atom is 0.263 e. The molecule has 3 heteroatoms. The predicted molar refractivity (Wildman–Crippen MR) is 78.8 cm³/mol. The average Bonchev–Trinajstić information content (AvgIpc) is 2.48. The molecule has 0 bridgehead atoms. The van der Waals surface area contributed by atoms with Gasteiger partial charge in [0.25, 0.3) is 6.43 Å². The van der Waals surface area contributed by atoms with Gasteiger partial charge in [0, 0.05) is 12.1 Å². The summed E-state index contributed by atoms with van der Waals surface area (Å²) in [6.45, 7) is 3.98. The fourth-order valence-corrected chi connectivity index (χ4v) is 3.10. The Hall–Kier alpha value is -0.960. The second-order valence-electron chi connectivity index (χ2n) is 5.97. The van der Waals surface area contributed by atoms with Crippen molar-refractivity contribution in [3.8, 4) is 0 Å². The summed E-state index contributed by atoms with van der Waals surface area (Å²) in [6, 6.07) is 6.71. The van der Waals surface area contributed by atoms with E-state index in [4.69, 9.17) is 0 Å². The third-order valence-corrected chi connectivity index (χ3v) is 4.51. The molecule has 0 spiro atoms. The van der Waals surface area contributed by atoms with Gasteiger partial charge in [-0.25, -0.2) is 8.78 Å². The second kappa shape index (κ2) is 7.72. The first-order valence-corrected chi connectivity index (χ1v) is 7.76. The van der Waals surface area contributed by atoms with Crippen LogP contribution in [0.3, 0.4) is 0 Å². The Bertz CT molecular complexity index is 398. The van der Waals surface area contributed by atoms with Crippen molar-refractivity contribution in [1.29, 1.82) is 0 Å². The van der Waals surface area contributed by atoms with Gasteiger partial charge in [-0.2, -0.15) is 0 Å². The highest BCUT2D eigenvalue weighted by atomic mass is 19.3. The Morgan fingerprint density at radius 1 is 1.15 bits per heavy atom. The van der Waals surface area contributed by atoms with Crippen molar-refractivity contribution in [3.63, 3.8) is 0 Å². The lowest BCUT2D eigenvalue weighted by Gasteiger charge is -2.27. The topological polar surface area (TPSA) is 12.0 Å². The highest BCUT2D eigenvalue weighted by molar-refractivity contribution is 5.24. The number of nitrogens with one attached hydrogen (secondary N) is 1. The molecule has 1 aromatic carbocycles. The zero-order valence-electron chi connectivity index (χ0n) is 12.2. The van der Waals surface area contributed by atoms with Gasteiger partial charge in [0.1, 0.15) is 0 Å². The fourth-order valence-electron chi connectivity index (χ4n) is 3.10. The molecule has 2 rings (SSSR count). The Morgan fingerprint density at radius 2 is 1.85 bits per heavy atom. The lowest BCUT2D eigenvalue weighted by Crippen LogP contribution is -2.26. The molecule has 0 atom stereocenters. The Kier molecular flexibility index (Phi) is 5.96. The zero-order chi connectivity index (χ0) is 14.4. The molecule has 1 N–H and O–H groups in total. The first-order valence-electron chi connectivity index (χ1n) is 7.76. The van der Waals surface area contributed by atoms with Gasteiger partial charge in [-0.05, 0) is 42.9 Å². The number of rotatable bonds is 6. The first-order chi connectivity index (χ1) is 9.69. The Balaban J connectivity index is 1.72. The first kappa shape index (κ1) is 15.4. The second-order valence-corrected chi connectivity index (χ2v) is 5.97. The summed E-state index contributed by atoms with van der Waals surface area (Å²) in [7, 11) is 0. The number of hydrogen-bond acceptors (Lipinski definition) is 1. The Labute approximate surface area is 120 Å². The summed E-state index contributed by atoms with van der Waals surface area (Å²) in [6.07, 6.45) is 4.25. The van der Waals surface area contributed by atoms with Crippen LogP contribution in [0.2, 0.25) is 0 Å². The lowest BCUT2D eigenvalue weighted by atomic mass is 9.81. The van der Waals surface area contributed by atoms with Crippen molar-refractivity contribution >= 4 is 0 Å². The van der Waals surface area contributed by atoms with Gasteiger partial charge in [0.05, 0.1) is 0 Å². The monoisotopic (exact) mass is 281 g/mol. The van der Waals surface area contributed by atoms with E-state index in [1.807, 2.05) is 6.07 Å². The molecule has 1 fully saturated rings. The van der Waals surface area contributed by atoms with Gasteiger partial charge in [-0.1, -0.05) is 44.4 Å². The quantitative estimate of drug-likeness (QED) is 0.779. The molecule has 1 aromatic rings. The van der Waals surface area contributed by atoms with Crippen LogP contribution >= 0.6 is 0 Å². The summed E-state index contributed by atoms with van der Waals surface area (Å²) in [5, 5.41) is 3.43. The summed E-state index contributed by atoms with van der Waals surface area (Å²) < 4.78 is 25.2. The smallest absolute Gasteiger partial charge is 0.263 e.